The van der Waals surface area contributed by atoms with Crippen molar-refractivity contribution in [2.75, 3.05) is 87.9 Å². The van der Waals surface area contributed by atoms with Gasteiger partial charge in [-0.15, -0.1) is 6.42 Å². The van der Waals surface area contributed by atoms with Crippen molar-refractivity contribution >= 4 is 42.2 Å². The zero-order valence-electron chi connectivity index (χ0n) is 32.1. The number of ether oxygens (including phenoxy) is 2. The molecule has 0 N–H and O–H groups in total. The molecule has 0 aromatic heterocycles. The molecule has 55 heavy (non-hydrogen) atoms. The molecule has 0 spiro atoms. The van der Waals surface area contributed by atoms with Gasteiger partial charge in [-0.3, -0.25) is 4.79 Å². The summed E-state index contributed by atoms with van der Waals surface area (Å²) in [5, 5.41) is 2.75. The summed E-state index contributed by atoms with van der Waals surface area (Å²) in [6.45, 7) is 15.0. The van der Waals surface area contributed by atoms with E-state index in [9.17, 15) is 21.6 Å². The van der Waals surface area contributed by atoms with Crippen LogP contribution in [-0.2, 0) is 29.1 Å². The first kappa shape index (κ1) is 45.2. The van der Waals surface area contributed by atoms with Crippen LogP contribution in [-0.4, -0.2) is 111 Å². The topological polar surface area (TPSA) is 126 Å². The second-order valence-corrected chi connectivity index (χ2v) is 16.9. The normalized spacial score (nSPS) is 11.5. The van der Waals surface area contributed by atoms with Crippen molar-refractivity contribution in [3.05, 3.63) is 83.6 Å². The quantitative estimate of drug-likeness (QED) is 0.0538. The summed E-state index contributed by atoms with van der Waals surface area (Å²) in [5.74, 6) is 2.07. The van der Waals surface area contributed by atoms with Crippen LogP contribution < -0.4 is 27.2 Å². The molecule has 0 unspecified atom stereocenters. The highest BCUT2D eigenvalue weighted by molar-refractivity contribution is 7.94. The molecular formula is C41H52ClN3O8S2. The Balaban J connectivity index is 0.00000812. The van der Waals surface area contributed by atoms with E-state index < -0.39 is 19.7 Å². The van der Waals surface area contributed by atoms with Gasteiger partial charge in [-0.25, -0.2) is 21.4 Å². The molecule has 2 aromatic carbocycles. The Morgan fingerprint density at radius 2 is 1.55 bits per heavy atom. The van der Waals surface area contributed by atoms with E-state index in [-0.39, 0.29) is 75.1 Å². The Kier molecular flexibility index (Phi) is 17.4. The average molecular weight is 814 g/mol. The zero-order chi connectivity index (χ0) is 39.3. The van der Waals surface area contributed by atoms with Crippen molar-refractivity contribution in [3.63, 3.8) is 0 Å². The lowest BCUT2D eigenvalue weighted by Gasteiger charge is -2.24. The van der Waals surface area contributed by atoms with E-state index in [1.807, 2.05) is 36.4 Å². The molecule has 0 saturated carbocycles. The van der Waals surface area contributed by atoms with E-state index in [0.717, 1.165) is 59.1 Å². The van der Waals surface area contributed by atoms with Crippen LogP contribution in [0.2, 0.25) is 0 Å². The fourth-order valence-electron chi connectivity index (χ4n) is 6.27. The molecule has 0 fully saturated rings. The van der Waals surface area contributed by atoms with E-state index in [4.69, 9.17) is 20.3 Å². The van der Waals surface area contributed by atoms with Crippen molar-refractivity contribution < 1.29 is 47.9 Å². The van der Waals surface area contributed by atoms with Crippen LogP contribution in [0.3, 0.4) is 0 Å². The molecule has 2 aromatic rings. The summed E-state index contributed by atoms with van der Waals surface area (Å²) in [4.78, 5) is 18.0. The maximum absolute atomic E-state index is 14.3. The SMILES string of the molecule is C#CCN(CCS(=O)(=O)CCOCCOCCS(=O)(=O)C=C)C(=O)c1ccccc1-c1c2ccc(=[N+](CC)CC)cc-2oc2cc(N(CC)CC)ccc12.[Cl-]. The number of rotatable bonds is 21. The number of hydrogen-bond donors (Lipinski definition) is 0. The number of sulfone groups is 2. The standard InChI is InChI=1S/C41H52N3O8S2.ClH/c1-7-21-44(22-27-54(48,49)29-26-51-24-23-50-25-28-53(46,47)12-6)41(45)35-16-14-13-15-34(35)40-36-19-17-32(42(8-2)9-3)30-38(36)52-39-31-33(18-20-37(39)40)43(10-4)11-5;/h1,12-20,30-31H,6,8-11,21-29H2,2-5H3;1H/q+1;/p-1. The number of anilines is 1. The third-order valence-corrected chi connectivity index (χ3v) is 12.1. The summed E-state index contributed by atoms with van der Waals surface area (Å²) in [7, 11) is -6.97. The van der Waals surface area contributed by atoms with Crippen LogP contribution in [0.15, 0.2) is 77.1 Å². The fraction of sp³-hybridized carbons (Fsp3) is 0.415. The minimum absolute atomic E-state index is 0. The maximum Gasteiger partial charge on any atom is 0.255 e. The molecule has 1 amide bonds. The van der Waals surface area contributed by atoms with E-state index >= 15 is 0 Å². The van der Waals surface area contributed by atoms with Gasteiger partial charge in [0.05, 0.1) is 56.3 Å². The van der Waals surface area contributed by atoms with Gasteiger partial charge in [-0.1, -0.05) is 30.7 Å². The summed E-state index contributed by atoms with van der Waals surface area (Å²) in [6, 6.07) is 19.6. The highest BCUT2D eigenvalue weighted by Gasteiger charge is 2.26. The predicted molar refractivity (Wildman–Crippen MR) is 217 cm³/mol. The van der Waals surface area contributed by atoms with E-state index in [0.29, 0.717) is 22.5 Å². The van der Waals surface area contributed by atoms with Crippen LogP contribution in [0, 0.1) is 12.3 Å². The van der Waals surface area contributed by atoms with Crippen LogP contribution in [0.25, 0.3) is 33.4 Å². The summed E-state index contributed by atoms with van der Waals surface area (Å²) < 4.78 is 68.4. The molecular weight excluding hydrogens is 762 g/mol. The maximum atomic E-state index is 14.3. The van der Waals surface area contributed by atoms with E-state index in [1.54, 1.807) is 12.1 Å². The minimum atomic E-state index is -3.62. The first-order chi connectivity index (χ1) is 25.9. The largest absolute Gasteiger partial charge is 1.00 e. The molecule has 2 aliphatic rings. The van der Waals surface area contributed by atoms with Gasteiger partial charge in [0, 0.05) is 64.9 Å². The van der Waals surface area contributed by atoms with Crippen LogP contribution in [0.1, 0.15) is 38.1 Å². The van der Waals surface area contributed by atoms with Gasteiger partial charge < -0.3 is 36.1 Å². The van der Waals surface area contributed by atoms with E-state index in [1.165, 1.54) is 4.90 Å². The molecule has 11 nitrogen and oxygen atoms in total. The first-order valence-electron chi connectivity index (χ1n) is 18.3. The lowest BCUT2D eigenvalue weighted by Crippen LogP contribution is -3.00. The molecule has 0 atom stereocenters. The van der Waals surface area contributed by atoms with E-state index in [2.05, 4.69) is 61.8 Å². The van der Waals surface area contributed by atoms with Gasteiger partial charge in [-0.2, -0.15) is 0 Å². The van der Waals surface area contributed by atoms with Crippen molar-refractivity contribution in [2.45, 2.75) is 27.7 Å². The van der Waals surface area contributed by atoms with Gasteiger partial charge in [-0.05, 0) is 57.5 Å². The second-order valence-electron chi connectivity index (χ2n) is 12.6. The number of terminal acetylenes is 1. The molecule has 1 heterocycles. The van der Waals surface area contributed by atoms with Gasteiger partial charge in [0.15, 0.2) is 19.7 Å². The summed E-state index contributed by atoms with van der Waals surface area (Å²) in [6.07, 6.45) is 5.70. The van der Waals surface area contributed by atoms with Crippen LogP contribution in [0.4, 0.5) is 5.69 Å². The molecule has 4 rings (SSSR count). The Morgan fingerprint density at radius 1 is 0.873 bits per heavy atom. The second kappa shape index (κ2) is 21.2. The zero-order valence-corrected chi connectivity index (χ0v) is 34.5. The molecule has 298 valence electrons. The first-order valence-corrected chi connectivity index (χ1v) is 21.8. The predicted octanol–water partition coefficient (Wildman–Crippen LogP) is 1.95. The molecule has 0 saturated heterocycles. The van der Waals surface area contributed by atoms with Gasteiger partial charge in [0.25, 0.3) is 5.91 Å². The van der Waals surface area contributed by atoms with Crippen LogP contribution in [0.5, 0.6) is 0 Å². The molecule has 0 bridgehead atoms. The van der Waals surface area contributed by atoms with Gasteiger partial charge in [0.1, 0.15) is 24.4 Å². The minimum Gasteiger partial charge on any atom is -1.00 e. The monoisotopic (exact) mass is 813 g/mol. The van der Waals surface area contributed by atoms with Gasteiger partial charge in [0.2, 0.25) is 5.36 Å². The molecule has 1 aliphatic carbocycles. The number of nitrogens with zero attached hydrogens (tertiary/aromatic N) is 3. The number of carbonyl (C=O) groups is 1. The Hall–Kier alpha value is -4.19. The number of carbonyl (C=O) groups excluding carboxylic acids is 1. The lowest BCUT2D eigenvalue weighted by molar-refractivity contribution is -0.0000268. The van der Waals surface area contributed by atoms with Crippen molar-refractivity contribution in [3.8, 4) is 34.8 Å². The Labute approximate surface area is 332 Å². The van der Waals surface area contributed by atoms with Crippen molar-refractivity contribution in [2.24, 2.45) is 0 Å². The summed E-state index contributed by atoms with van der Waals surface area (Å²) >= 11 is 0. The molecule has 14 heteroatoms. The number of benzene rings is 3. The van der Waals surface area contributed by atoms with Crippen molar-refractivity contribution in [1.82, 2.24) is 9.48 Å². The Bertz CT molecular complexity index is 2220. The van der Waals surface area contributed by atoms with Crippen molar-refractivity contribution in [1.29, 1.82) is 0 Å². The molecule has 0 radical (unpaired) electrons. The van der Waals surface area contributed by atoms with Crippen LogP contribution >= 0.6 is 0 Å². The number of hydrogen-bond acceptors (Lipinski definition) is 9. The van der Waals surface area contributed by atoms with Gasteiger partial charge >= 0.3 is 0 Å². The number of amides is 1. The average Bonchev–Trinajstić information content (AvgIpc) is 3.17. The highest BCUT2D eigenvalue weighted by Crippen LogP contribution is 2.42. The lowest BCUT2D eigenvalue weighted by atomic mass is 9.90. The third kappa shape index (κ3) is 11.9. The number of halogens is 1. The fourth-order valence-corrected chi connectivity index (χ4v) is 7.86. The number of fused-ring (bicyclic) bond motifs is 2. The summed E-state index contributed by atoms with van der Waals surface area (Å²) in [5.41, 5.74) is 4.46. The highest BCUT2D eigenvalue weighted by atomic mass is 35.5. The molecule has 1 aliphatic heterocycles. The smallest absolute Gasteiger partial charge is 0.255 e. The Morgan fingerprint density at radius 3 is 2.18 bits per heavy atom. The third-order valence-electron chi connectivity index (χ3n) is 9.29.